The van der Waals surface area contributed by atoms with Gasteiger partial charge in [-0.1, -0.05) is 30.3 Å². The molecule has 2 aromatic carbocycles. The Kier molecular flexibility index (Phi) is 5.28. The summed E-state index contributed by atoms with van der Waals surface area (Å²) in [6.45, 7) is 1.15. The van der Waals surface area contributed by atoms with Gasteiger partial charge in [-0.3, -0.25) is 19.8 Å². The molecule has 2 aliphatic rings. The molecule has 1 amide bonds. The number of carbonyl (C=O) groups excluding carboxylic acids is 1. The topological polar surface area (TPSA) is 130 Å². The Hall–Kier alpha value is -4.19. The molecule has 0 unspecified atom stereocenters. The van der Waals surface area contributed by atoms with Crippen LogP contribution in [0.5, 0.6) is 0 Å². The molecule has 0 atom stereocenters. The lowest BCUT2D eigenvalue weighted by Gasteiger charge is -2.41. The standard InChI is InChI=1S/C22H19N5O6S/c28-21(18-10-11-20(33-18)27(29)30)24-12-14-25(15-13-24)22-23-34(31,32)19-9-5-4-8-17(19)26(22)16-6-2-1-3-7-16/h1-11H,12-15H2. The van der Waals surface area contributed by atoms with Crippen LogP contribution in [0.15, 0.2) is 80.4 Å². The Balaban J connectivity index is 1.42. The number of rotatable bonds is 3. The van der Waals surface area contributed by atoms with Gasteiger partial charge in [0.1, 0.15) is 9.82 Å². The number of para-hydroxylation sites is 2. The monoisotopic (exact) mass is 481 g/mol. The van der Waals surface area contributed by atoms with Crippen molar-refractivity contribution in [2.45, 2.75) is 4.90 Å². The molecule has 12 heteroatoms. The van der Waals surface area contributed by atoms with Gasteiger partial charge in [0.05, 0.1) is 11.8 Å². The molecule has 3 heterocycles. The lowest BCUT2D eigenvalue weighted by atomic mass is 10.2. The molecule has 0 bridgehead atoms. The molecule has 0 spiro atoms. The molecule has 174 valence electrons. The number of nitro groups is 1. The lowest BCUT2D eigenvalue weighted by Crippen LogP contribution is -2.55. The molecule has 3 aromatic rings. The minimum atomic E-state index is -3.91. The van der Waals surface area contributed by atoms with Crippen molar-refractivity contribution in [3.05, 3.63) is 82.6 Å². The summed E-state index contributed by atoms with van der Waals surface area (Å²) in [6.07, 6.45) is 0. The number of furan rings is 1. The molecule has 0 saturated carbocycles. The van der Waals surface area contributed by atoms with Gasteiger partial charge < -0.3 is 14.2 Å². The van der Waals surface area contributed by atoms with Crippen molar-refractivity contribution in [1.29, 1.82) is 0 Å². The molecule has 0 aliphatic carbocycles. The molecular formula is C22H19N5O6S. The molecule has 0 N–H and O–H groups in total. The van der Waals surface area contributed by atoms with E-state index in [4.69, 9.17) is 4.42 Å². The number of anilines is 2. The normalized spacial score (nSPS) is 17.2. The lowest BCUT2D eigenvalue weighted by molar-refractivity contribution is -0.402. The number of benzene rings is 2. The maximum Gasteiger partial charge on any atom is 0.433 e. The van der Waals surface area contributed by atoms with Gasteiger partial charge in [-0.25, -0.2) is 0 Å². The smallest absolute Gasteiger partial charge is 0.395 e. The average Bonchev–Trinajstić information content (AvgIpc) is 3.35. The van der Waals surface area contributed by atoms with Crippen LogP contribution in [0, 0.1) is 10.1 Å². The third kappa shape index (κ3) is 3.77. The van der Waals surface area contributed by atoms with E-state index in [0.717, 1.165) is 11.8 Å². The summed E-state index contributed by atoms with van der Waals surface area (Å²) in [5, 5.41) is 10.8. The number of guanidine groups is 1. The van der Waals surface area contributed by atoms with Gasteiger partial charge in [0, 0.05) is 31.9 Å². The second kappa shape index (κ2) is 8.30. The number of sulfonamides is 1. The van der Waals surface area contributed by atoms with Gasteiger partial charge in [0.15, 0.2) is 5.76 Å². The number of hydrogen-bond donors (Lipinski definition) is 0. The highest BCUT2D eigenvalue weighted by Crippen LogP contribution is 2.37. The summed E-state index contributed by atoms with van der Waals surface area (Å²) in [4.78, 5) is 28.1. The van der Waals surface area contributed by atoms with E-state index >= 15 is 0 Å². The Morgan fingerprint density at radius 1 is 0.941 bits per heavy atom. The molecule has 1 aromatic heterocycles. The van der Waals surface area contributed by atoms with Gasteiger partial charge in [-0.2, -0.15) is 8.42 Å². The number of carbonyl (C=O) groups is 1. The van der Waals surface area contributed by atoms with Crippen LogP contribution in [0.2, 0.25) is 0 Å². The fourth-order valence-corrected chi connectivity index (χ4v) is 5.19. The van der Waals surface area contributed by atoms with E-state index in [1.807, 2.05) is 35.2 Å². The summed E-state index contributed by atoms with van der Waals surface area (Å²) in [5.41, 5.74) is 1.25. The van der Waals surface area contributed by atoms with Crippen molar-refractivity contribution in [2.24, 2.45) is 4.40 Å². The third-order valence-electron chi connectivity index (χ3n) is 5.63. The Morgan fingerprint density at radius 2 is 1.62 bits per heavy atom. The maximum absolute atomic E-state index is 12.9. The molecule has 1 fully saturated rings. The molecular weight excluding hydrogens is 462 g/mol. The first-order valence-electron chi connectivity index (χ1n) is 10.4. The van der Waals surface area contributed by atoms with E-state index in [9.17, 15) is 23.3 Å². The van der Waals surface area contributed by atoms with E-state index in [2.05, 4.69) is 4.40 Å². The van der Waals surface area contributed by atoms with Crippen molar-refractivity contribution in [3.63, 3.8) is 0 Å². The van der Waals surface area contributed by atoms with Crippen LogP contribution < -0.4 is 4.90 Å². The quantitative estimate of drug-likeness (QED) is 0.412. The zero-order valence-corrected chi connectivity index (χ0v) is 18.6. The highest BCUT2D eigenvalue weighted by Gasteiger charge is 2.36. The zero-order valence-electron chi connectivity index (χ0n) is 17.8. The summed E-state index contributed by atoms with van der Waals surface area (Å²) in [6, 6.07) is 18.4. The first kappa shape index (κ1) is 21.6. The number of amides is 1. The fraction of sp³-hybridized carbons (Fsp3) is 0.182. The number of piperazine rings is 1. The molecule has 34 heavy (non-hydrogen) atoms. The van der Waals surface area contributed by atoms with Crippen LogP contribution in [0.1, 0.15) is 10.6 Å². The second-order valence-corrected chi connectivity index (χ2v) is 9.25. The molecule has 0 radical (unpaired) electrons. The van der Waals surface area contributed by atoms with Gasteiger partial charge in [0.25, 0.3) is 15.9 Å². The van der Waals surface area contributed by atoms with Gasteiger partial charge in [-0.15, -0.1) is 4.40 Å². The minimum absolute atomic E-state index is 0.113. The zero-order chi connectivity index (χ0) is 23.9. The van der Waals surface area contributed by atoms with Crippen molar-refractivity contribution in [3.8, 4) is 0 Å². The van der Waals surface area contributed by atoms with Gasteiger partial charge >= 0.3 is 5.88 Å². The summed E-state index contributed by atoms with van der Waals surface area (Å²) in [5.74, 6) is -0.819. The third-order valence-corrected chi connectivity index (χ3v) is 6.94. The van der Waals surface area contributed by atoms with E-state index in [0.29, 0.717) is 18.8 Å². The van der Waals surface area contributed by atoms with E-state index in [1.54, 1.807) is 23.1 Å². The molecule has 11 nitrogen and oxygen atoms in total. The van der Waals surface area contributed by atoms with E-state index in [-0.39, 0.29) is 29.7 Å². The Labute approximate surface area is 194 Å². The van der Waals surface area contributed by atoms with Crippen molar-refractivity contribution < 1.29 is 22.6 Å². The minimum Gasteiger partial charge on any atom is -0.395 e. The van der Waals surface area contributed by atoms with Crippen molar-refractivity contribution in [2.75, 3.05) is 31.1 Å². The highest BCUT2D eigenvalue weighted by atomic mass is 32.2. The molecule has 2 aliphatic heterocycles. The predicted octanol–water partition coefficient (Wildman–Crippen LogP) is 2.84. The SMILES string of the molecule is O=C(c1ccc([N+](=O)[O-])o1)N1CCN(C2=NS(=O)(=O)c3ccccc3N2c2ccccc2)CC1. The van der Waals surface area contributed by atoms with Gasteiger partial charge in [-0.05, 0) is 30.3 Å². The fourth-order valence-electron chi connectivity index (χ4n) is 4.00. The Morgan fingerprint density at radius 3 is 2.29 bits per heavy atom. The number of hydrogen-bond acceptors (Lipinski definition) is 8. The summed E-state index contributed by atoms with van der Waals surface area (Å²) < 4.78 is 35.1. The van der Waals surface area contributed by atoms with Crippen LogP contribution in [-0.4, -0.2) is 61.2 Å². The summed E-state index contributed by atoms with van der Waals surface area (Å²) >= 11 is 0. The Bertz CT molecular complexity index is 1390. The van der Waals surface area contributed by atoms with Crippen LogP contribution in [0.25, 0.3) is 0 Å². The number of nitrogens with zero attached hydrogens (tertiary/aromatic N) is 5. The van der Waals surface area contributed by atoms with Crippen molar-refractivity contribution in [1.82, 2.24) is 9.80 Å². The molecule has 1 saturated heterocycles. The first-order chi connectivity index (χ1) is 16.3. The van der Waals surface area contributed by atoms with E-state index < -0.39 is 26.7 Å². The van der Waals surface area contributed by atoms with Gasteiger partial charge in [0.2, 0.25) is 5.96 Å². The van der Waals surface area contributed by atoms with Crippen LogP contribution in [0.3, 0.4) is 0 Å². The predicted molar refractivity (Wildman–Crippen MR) is 122 cm³/mol. The van der Waals surface area contributed by atoms with E-state index in [1.165, 1.54) is 17.0 Å². The maximum atomic E-state index is 12.9. The van der Waals surface area contributed by atoms with Crippen molar-refractivity contribution >= 4 is 39.1 Å². The largest absolute Gasteiger partial charge is 0.433 e. The van der Waals surface area contributed by atoms with Crippen LogP contribution >= 0.6 is 0 Å². The number of fused-ring (bicyclic) bond motifs is 1. The van der Waals surface area contributed by atoms with Crippen LogP contribution in [-0.2, 0) is 10.0 Å². The summed E-state index contributed by atoms with van der Waals surface area (Å²) in [7, 11) is -3.91. The highest BCUT2D eigenvalue weighted by molar-refractivity contribution is 7.90. The average molecular weight is 481 g/mol. The first-order valence-corrected chi connectivity index (χ1v) is 11.9. The second-order valence-electron chi connectivity index (χ2n) is 7.68. The molecule has 5 rings (SSSR count). The van der Waals surface area contributed by atoms with Crippen LogP contribution in [0.4, 0.5) is 17.3 Å².